The van der Waals surface area contributed by atoms with Gasteiger partial charge in [0.2, 0.25) is 5.91 Å². The van der Waals surface area contributed by atoms with Crippen LogP contribution in [-0.2, 0) is 11.4 Å². The van der Waals surface area contributed by atoms with Crippen LogP contribution in [0.2, 0.25) is 0 Å². The SMILES string of the molecule is CCC1(C(=O)Nc2ccccc2CO)CCNC1. The average molecular weight is 248 g/mol. The Morgan fingerprint density at radius 2 is 2.28 bits per heavy atom. The molecular formula is C14H20N2O2. The minimum Gasteiger partial charge on any atom is -0.392 e. The predicted molar refractivity (Wildman–Crippen MR) is 71.2 cm³/mol. The van der Waals surface area contributed by atoms with Crippen LogP contribution in [0.5, 0.6) is 0 Å². The second kappa shape index (κ2) is 5.50. The molecule has 18 heavy (non-hydrogen) atoms. The fourth-order valence-electron chi connectivity index (χ4n) is 2.43. The molecule has 98 valence electrons. The van der Waals surface area contributed by atoms with Gasteiger partial charge in [-0.2, -0.15) is 0 Å². The van der Waals surface area contributed by atoms with Gasteiger partial charge in [-0.05, 0) is 25.5 Å². The Bertz CT molecular complexity index is 426. The zero-order chi connectivity index (χ0) is 13.0. The lowest BCUT2D eigenvalue weighted by Crippen LogP contribution is -2.37. The highest BCUT2D eigenvalue weighted by Crippen LogP contribution is 2.31. The number of amides is 1. The van der Waals surface area contributed by atoms with Crippen molar-refractivity contribution in [1.29, 1.82) is 0 Å². The molecule has 0 saturated carbocycles. The van der Waals surface area contributed by atoms with Gasteiger partial charge in [0.1, 0.15) is 0 Å². The molecular weight excluding hydrogens is 228 g/mol. The molecule has 0 spiro atoms. The van der Waals surface area contributed by atoms with E-state index in [1.165, 1.54) is 0 Å². The average Bonchev–Trinajstić information content (AvgIpc) is 2.89. The number of rotatable bonds is 4. The Morgan fingerprint density at radius 3 is 2.89 bits per heavy atom. The maximum absolute atomic E-state index is 12.4. The minimum absolute atomic E-state index is 0.0518. The first-order chi connectivity index (χ1) is 8.72. The van der Waals surface area contributed by atoms with Gasteiger partial charge in [-0.15, -0.1) is 0 Å². The summed E-state index contributed by atoms with van der Waals surface area (Å²) in [4.78, 5) is 12.4. The van der Waals surface area contributed by atoms with Gasteiger partial charge in [0.25, 0.3) is 0 Å². The molecule has 1 saturated heterocycles. The highest BCUT2D eigenvalue weighted by molar-refractivity contribution is 5.96. The van der Waals surface area contributed by atoms with Crippen LogP contribution in [0.1, 0.15) is 25.3 Å². The summed E-state index contributed by atoms with van der Waals surface area (Å²) >= 11 is 0. The van der Waals surface area contributed by atoms with E-state index >= 15 is 0 Å². The van der Waals surface area contributed by atoms with Gasteiger partial charge in [-0.3, -0.25) is 4.79 Å². The van der Waals surface area contributed by atoms with Gasteiger partial charge in [0, 0.05) is 17.8 Å². The Labute approximate surface area is 107 Å². The van der Waals surface area contributed by atoms with E-state index in [2.05, 4.69) is 10.6 Å². The van der Waals surface area contributed by atoms with Gasteiger partial charge in [0.15, 0.2) is 0 Å². The third-order valence-corrected chi connectivity index (χ3v) is 3.84. The van der Waals surface area contributed by atoms with E-state index in [-0.39, 0.29) is 17.9 Å². The number of nitrogens with one attached hydrogen (secondary N) is 2. The third kappa shape index (κ3) is 2.40. The van der Waals surface area contributed by atoms with Gasteiger partial charge < -0.3 is 15.7 Å². The summed E-state index contributed by atoms with van der Waals surface area (Å²) in [5.41, 5.74) is 1.16. The molecule has 4 heteroatoms. The minimum atomic E-state index is -0.303. The van der Waals surface area contributed by atoms with Crippen molar-refractivity contribution in [2.24, 2.45) is 5.41 Å². The van der Waals surface area contributed by atoms with Gasteiger partial charge in [0.05, 0.1) is 12.0 Å². The van der Waals surface area contributed by atoms with Crippen LogP contribution in [-0.4, -0.2) is 24.1 Å². The Kier molecular flexibility index (Phi) is 3.99. The zero-order valence-electron chi connectivity index (χ0n) is 10.7. The molecule has 1 aliphatic heterocycles. The van der Waals surface area contributed by atoms with Crippen LogP contribution in [0.3, 0.4) is 0 Å². The summed E-state index contributed by atoms with van der Waals surface area (Å²) in [7, 11) is 0. The molecule has 0 radical (unpaired) electrons. The van der Waals surface area contributed by atoms with Crippen LogP contribution >= 0.6 is 0 Å². The number of hydrogen-bond acceptors (Lipinski definition) is 3. The smallest absolute Gasteiger partial charge is 0.231 e. The molecule has 1 heterocycles. The maximum atomic E-state index is 12.4. The maximum Gasteiger partial charge on any atom is 0.231 e. The van der Waals surface area contributed by atoms with E-state index in [1.54, 1.807) is 0 Å². The van der Waals surface area contributed by atoms with E-state index < -0.39 is 0 Å². The van der Waals surface area contributed by atoms with Crippen molar-refractivity contribution < 1.29 is 9.90 Å². The van der Waals surface area contributed by atoms with Gasteiger partial charge >= 0.3 is 0 Å². The number of benzene rings is 1. The number of hydrogen-bond donors (Lipinski definition) is 3. The highest BCUT2D eigenvalue weighted by Gasteiger charge is 2.39. The number of para-hydroxylation sites is 1. The van der Waals surface area contributed by atoms with Crippen molar-refractivity contribution in [3.05, 3.63) is 29.8 Å². The summed E-state index contributed by atoms with van der Waals surface area (Å²) < 4.78 is 0. The highest BCUT2D eigenvalue weighted by atomic mass is 16.3. The van der Waals surface area contributed by atoms with E-state index in [0.29, 0.717) is 5.69 Å². The molecule has 0 aliphatic carbocycles. The normalized spacial score (nSPS) is 23.0. The summed E-state index contributed by atoms with van der Waals surface area (Å²) in [5, 5.41) is 15.5. The van der Waals surface area contributed by atoms with E-state index in [9.17, 15) is 9.90 Å². The lowest BCUT2D eigenvalue weighted by Gasteiger charge is -2.25. The predicted octanol–water partition coefficient (Wildman–Crippen LogP) is 1.51. The fraction of sp³-hybridized carbons (Fsp3) is 0.500. The van der Waals surface area contributed by atoms with Crippen molar-refractivity contribution in [2.45, 2.75) is 26.4 Å². The first kappa shape index (κ1) is 13.1. The largest absolute Gasteiger partial charge is 0.392 e. The van der Waals surface area contributed by atoms with E-state index in [0.717, 1.165) is 31.5 Å². The third-order valence-electron chi connectivity index (χ3n) is 3.84. The molecule has 1 aromatic rings. The quantitative estimate of drug-likeness (QED) is 0.757. The molecule has 3 N–H and O–H groups in total. The molecule has 0 bridgehead atoms. The summed E-state index contributed by atoms with van der Waals surface area (Å²) in [6.45, 7) is 3.61. The lowest BCUT2D eigenvalue weighted by atomic mass is 9.83. The standard InChI is InChI=1S/C14H20N2O2/c1-2-14(7-8-15-10-14)13(18)16-12-6-4-3-5-11(12)9-17/h3-6,15,17H,2,7-10H2,1H3,(H,16,18). The molecule has 1 unspecified atom stereocenters. The summed E-state index contributed by atoms with van der Waals surface area (Å²) in [6.07, 6.45) is 1.70. The summed E-state index contributed by atoms with van der Waals surface area (Å²) in [6, 6.07) is 7.37. The Balaban J connectivity index is 2.15. The number of anilines is 1. The fourth-order valence-corrected chi connectivity index (χ4v) is 2.43. The van der Waals surface area contributed by atoms with E-state index in [1.807, 2.05) is 31.2 Å². The molecule has 1 fully saturated rings. The second-order valence-electron chi connectivity index (χ2n) is 4.83. The number of aliphatic hydroxyl groups is 1. The van der Waals surface area contributed by atoms with Crippen molar-refractivity contribution >= 4 is 11.6 Å². The Hall–Kier alpha value is -1.39. The molecule has 1 aliphatic rings. The molecule has 1 aromatic carbocycles. The number of carbonyl (C=O) groups is 1. The summed E-state index contributed by atoms with van der Waals surface area (Å²) in [5.74, 6) is 0.0518. The van der Waals surface area contributed by atoms with Gasteiger partial charge in [-0.25, -0.2) is 0 Å². The van der Waals surface area contributed by atoms with Crippen molar-refractivity contribution in [3.8, 4) is 0 Å². The van der Waals surface area contributed by atoms with Crippen molar-refractivity contribution in [2.75, 3.05) is 18.4 Å². The van der Waals surface area contributed by atoms with Crippen LogP contribution < -0.4 is 10.6 Å². The van der Waals surface area contributed by atoms with Crippen LogP contribution in [0.4, 0.5) is 5.69 Å². The lowest BCUT2D eigenvalue weighted by molar-refractivity contribution is -0.124. The van der Waals surface area contributed by atoms with Crippen molar-refractivity contribution in [3.63, 3.8) is 0 Å². The number of aliphatic hydroxyl groups excluding tert-OH is 1. The second-order valence-corrected chi connectivity index (χ2v) is 4.83. The topological polar surface area (TPSA) is 61.4 Å². The number of carbonyl (C=O) groups excluding carboxylic acids is 1. The van der Waals surface area contributed by atoms with Crippen LogP contribution in [0, 0.1) is 5.41 Å². The first-order valence-corrected chi connectivity index (χ1v) is 6.43. The van der Waals surface area contributed by atoms with Crippen LogP contribution in [0.25, 0.3) is 0 Å². The van der Waals surface area contributed by atoms with E-state index in [4.69, 9.17) is 0 Å². The zero-order valence-corrected chi connectivity index (χ0v) is 10.7. The molecule has 0 aromatic heterocycles. The molecule has 4 nitrogen and oxygen atoms in total. The van der Waals surface area contributed by atoms with Gasteiger partial charge in [-0.1, -0.05) is 25.1 Å². The molecule has 2 rings (SSSR count). The van der Waals surface area contributed by atoms with Crippen LogP contribution in [0.15, 0.2) is 24.3 Å². The Morgan fingerprint density at radius 1 is 1.50 bits per heavy atom. The molecule has 1 atom stereocenters. The molecule has 1 amide bonds. The monoisotopic (exact) mass is 248 g/mol. The first-order valence-electron chi connectivity index (χ1n) is 6.43. The van der Waals surface area contributed by atoms with Crippen molar-refractivity contribution in [1.82, 2.24) is 5.32 Å².